The molecule has 3 N–H and O–H groups in total. The summed E-state index contributed by atoms with van der Waals surface area (Å²) >= 11 is 0. The summed E-state index contributed by atoms with van der Waals surface area (Å²) in [5, 5.41) is 11.0. The minimum atomic E-state index is -4.14. The van der Waals surface area contributed by atoms with E-state index in [1.165, 1.54) is 0 Å². The first-order valence-electron chi connectivity index (χ1n) is 16.4. The molecule has 0 radical (unpaired) electrons. The van der Waals surface area contributed by atoms with Crippen molar-refractivity contribution in [1.82, 2.24) is 0 Å². The van der Waals surface area contributed by atoms with Gasteiger partial charge >= 0.3 is 11.9 Å². The Morgan fingerprint density at radius 1 is 0.740 bits per heavy atom. The van der Waals surface area contributed by atoms with Crippen molar-refractivity contribution in [3.8, 4) is 0 Å². The lowest BCUT2D eigenvalue weighted by Crippen LogP contribution is -2.28. The highest BCUT2D eigenvalue weighted by Crippen LogP contribution is 2.39. The van der Waals surface area contributed by atoms with Gasteiger partial charge < -0.3 is 19.5 Å². The SMILES string of the molecule is CCOC(=O)CCCN(CCCS(=O)(=O)O)c1ccc(C2=C(O)C(=C3C=CC(=[N+](CCCC(=O)OCC)CCCS(=O)(=O)O)C=C3)C2=O)cc1. The number of hydrogen-bond acceptors (Lipinski definition) is 11. The van der Waals surface area contributed by atoms with Crippen LogP contribution in [0.5, 0.6) is 0 Å². The third kappa shape index (κ3) is 12.6. The van der Waals surface area contributed by atoms with Crippen LogP contribution in [0.15, 0.2) is 65.5 Å². The number of ether oxygens (including phenoxy) is 2. The largest absolute Gasteiger partial charge is 0.506 e. The molecule has 274 valence electrons. The molecule has 1 aromatic carbocycles. The lowest BCUT2D eigenvalue weighted by molar-refractivity contribution is -0.526. The number of carbonyl (C=O) groups excluding carboxylic acids is 3. The van der Waals surface area contributed by atoms with Crippen LogP contribution in [0.1, 0.15) is 57.9 Å². The molecule has 0 fully saturated rings. The Balaban J connectivity index is 1.78. The molecule has 3 rings (SSSR count). The van der Waals surface area contributed by atoms with Gasteiger partial charge in [0.2, 0.25) is 5.78 Å². The zero-order valence-corrected chi connectivity index (χ0v) is 29.9. The molecule has 0 heterocycles. The first-order chi connectivity index (χ1) is 23.6. The molecule has 14 nitrogen and oxygen atoms in total. The Bertz CT molecular complexity index is 1770. The normalized spacial score (nSPS) is 14.6. The quantitative estimate of drug-likeness (QED) is 0.0760. The molecule has 0 spiro atoms. The highest BCUT2D eigenvalue weighted by atomic mass is 32.2. The fourth-order valence-electron chi connectivity index (χ4n) is 5.53. The zero-order valence-electron chi connectivity index (χ0n) is 28.2. The Hall–Kier alpha value is -4.12. The number of benzene rings is 1. The molecule has 2 aliphatic carbocycles. The molecule has 0 saturated carbocycles. The van der Waals surface area contributed by atoms with Crippen LogP contribution >= 0.6 is 0 Å². The van der Waals surface area contributed by atoms with E-state index < -0.39 is 31.7 Å². The number of ketones is 1. The Morgan fingerprint density at radius 3 is 1.80 bits per heavy atom. The van der Waals surface area contributed by atoms with Crippen molar-refractivity contribution in [2.45, 2.75) is 52.4 Å². The third-order valence-electron chi connectivity index (χ3n) is 7.86. The van der Waals surface area contributed by atoms with E-state index in [9.17, 15) is 36.3 Å². The third-order valence-corrected chi connectivity index (χ3v) is 9.47. The summed E-state index contributed by atoms with van der Waals surface area (Å²) in [6.45, 7) is 5.36. The summed E-state index contributed by atoms with van der Waals surface area (Å²) in [6, 6.07) is 6.79. The number of aliphatic hydroxyl groups excluding tert-OH is 1. The summed E-state index contributed by atoms with van der Waals surface area (Å²) in [5.41, 5.74) is 2.63. The fourth-order valence-corrected chi connectivity index (χ4v) is 6.51. The average molecular weight is 738 g/mol. The Labute approximate surface area is 293 Å². The molecule has 0 unspecified atom stereocenters. The lowest BCUT2D eigenvalue weighted by atomic mass is 9.80. The smallest absolute Gasteiger partial charge is 0.306 e. The molecular formula is C34H45N2O12S2+. The molecule has 0 aromatic heterocycles. The predicted molar refractivity (Wildman–Crippen MR) is 187 cm³/mol. The van der Waals surface area contributed by atoms with E-state index in [0.717, 1.165) is 0 Å². The van der Waals surface area contributed by atoms with Crippen LogP contribution in [0.3, 0.4) is 0 Å². The maximum Gasteiger partial charge on any atom is 0.306 e. The van der Waals surface area contributed by atoms with Crippen molar-refractivity contribution in [2.75, 3.05) is 55.8 Å². The van der Waals surface area contributed by atoms with Crippen molar-refractivity contribution >= 4 is 54.9 Å². The van der Waals surface area contributed by atoms with Gasteiger partial charge in [-0.1, -0.05) is 12.1 Å². The van der Waals surface area contributed by atoms with Crippen molar-refractivity contribution < 1.29 is 59.5 Å². The molecular weight excluding hydrogens is 693 g/mol. The Kier molecular flexibility index (Phi) is 15.1. The molecule has 0 amide bonds. The summed E-state index contributed by atoms with van der Waals surface area (Å²) in [6.07, 6.45) is 8.34. The molecule has 2 aliphatic rings. The van der Waals surface area contributed by atoms with Crippen LogP contribution in [0.25, 0.3) is 5.57 Å². The van der Waals surface area contributed by atoms with Gasteiger partial charge in [-0.25, -0.2) is 4.58 Å². The van der Waals surface area contributed by atoms with E-state index >= 15 is 0 Å². The number of carbonyl (C=O) groups is 3. The number of Topliss-reactive ketones (excluding diaryl/α,β-unsaturated/α-hetero) is 1. The maximum absolute atomic E-state index is 13.3. The number of anilines is 1. The number of aliphatic hydroxyl groups is 1. The van der Waals surface area contributed by atoms with Crippen LogP contribution in [0.2, 0.25) is 0 Å². The van der Waals surface area contributed by atoms with Crippen LogP contribution in [0.4, 0.5) is 5.69 Å². The van der Waals surface area contributed by atoms with Gasteiger partial charge in [0.15, 0.2) is 5.71 Å². The summed E-state index contributed by atoms with van der Waals surface area (Å²) in [5.74, 6) is -2.05. The van der Waals surface area contributed by atoms with Crippen LogP contribution < -0.4 is 4.90 Å². The second-order valence-electron chi connectivity index (χ2n) is 11.6. The van der Waals surface area contributed by atoms with E-state index in [0.29, 0.717) is 48.5 Å². The second-order valence-corrected chi connectivity index (χ2v) is 14.7. The van der Waals surface area contributed by atoms with Gasteiger partial charge in [-0.05, 0) is 62.1 Å². The van der Waals surface area contributed by atoms with Gasteiger partial charge in [-0.2, -0.15) is 16.8 Å². The van der Waals surface area contributed by atoms with Gasteiger partial charge in [0, 0.05) is 50.2 Å². The zero-order chi connectivity index (χ0) is 36.9. The van der Waals surface area contributed by atoms with E-state index in [-0.39, 0.29) is 86.6 Å². The first-order valence-corrected chi connectivity index (χ1v) is 19.6. The van der Waals surface area contributed by atoms with E-state index in [4.69, 9.17) is 18.6 Å². The summed E-state index contributed by atoms with van der Waals surface area (Å²) in [4.78, 5) is 38.7. The molecule has 0 bridgehead atoms. The van der Waals surface area contributed by atoms with Gasteiger partial charge in [0.05, 0.1) is 42.3 Å². The highest BCUT2D eigenvalue weighted by molar-refractivity contribution is 7.86. The number of allylic oxidation sites excluding steroid dienone is 7. The van der Waals surface area contributed by atoms with Crippen LogP contribution in [-0.2, 0) is 44.1 Å². The number of nitrogens with zero attached hydrogens (tertiary/aromatic N) is 2. The van der Waals surface area contributed by atoms with Crippen molar-refractivity contribution in [3.63, 3.8) is 0 Å². The molecule has 16 heteroatoms. The topological polar surface area (TPSA) is 205 Å². The summed E-state index contributed by atoms with van der Waals surface area (Å²) < 4.78 is 75.0. The van der Waals surface area contributed by atoms with Crippen LogP contribution in [-0.4, -0.2) is 110 Å². The molecule has 0 aliphatic heterocycles. The van der Waals surface area contributed by atoms with Gasteiger partial charge in [0.1, 0.15) is 18.8 Å². The monoisotopic (exact) mass is 737 g/mol. The first kappa shape index (κ1) is 40.3. The molecule has 0 saturated heterocycles. The highest BCUT2D eigenvalue weighted by Gasteiger charge is 2.36. The van der Waals surface area contributed by atoms with Crippen molar-refractivity contribution in [1.29, 1.82) is 0 Å². The van der Waals surface area contributed by atoms with Gasteiger partial charge in [0.25, 0.3) is 20.2 Å². The van der Waals surface area contributed by atoms with Gasteiger partial charge in [-0.3, -0.25) is 23.5 Å². The number of hydrogen-bond donors (Lipinski definition) is 3. The average Bonchev–Trinajstić information content (AvgIpc) is 3.03. The summed E-state index contributed by atoms with van der Waals surface area (Å²) in [7, 11) is -8.28. The molecule has 1 aromatic rings. The molecule has 50 heavy (non-hydrogen) atoms. The predicted octanol–water partition coefficient (Wildman–Crippen LogP) is 3.46. The number of esters is 2. The van der Waals surface area contributed by atoms with Crippen molar-refractivity contribution in [3.05, 3.63) is 71.0 Å². The Morgan fingerprint density at radius 2 is 1.26 bits per heavy atom. The van der Waals surface area contributed by atoms with E-state index in [1.807, 2.05) is 9.48 Å². The maximum atomic E-state index is 13.3. The number of rotatable bonds is 20. The van der Waals surface area contributed by atoms with E-state index in [2.05, 4.69) is 0 Å². The van der Waals surface area contributed by atoms with Gasteiger partial charge in [-0.15, -0.1) is 0 Å². The van der Waals surface area contributed by atoms with E-state index in [1.54, 1.807) is 62.4 Å². The van der Waals surface area contributed by atoms with Crippen LogP contribution in [0, 0.1) is 0 Å². The minimum Gasteiger partial charge on any atom is -0.506 e. The second kappa shape index (κ2) is 18.8. The molecule has 0 atom stereocenters. The lowest BCUT2D eigenvalue weighted by Gasteiger charge is -2.26. The fraction of sp³-hybridized carbons (Fsp3) is 0.471. The van der Waals surface area contributed by atoms with Crippen molar-refractivity contribution in [2.24, 2.45) is 0 Å². The standard InChI is InChI=1S/C34H44N2O12S2/c1-3-47-29(37)9-5-19-35(21-7-23-49(41,42)43)27-15-11-25(12-16-27)31-33(39)32(34(31)40)26-13-17-28(18-14-26)36(22-8-24-50(44,45)46)20-6-10-30(38)48-4-2/h11-18H,3-10,19-24H2,1-2H3,(H2-,39,40,41,42,43,44,45,46)/p+1. The minimum absolute atomic E-state index is 0.140.